The number of halogens is 2. The van der Waals surface area contributed by atoms with Crippen LogP contribution in [0.15, 0.2) is 24.3 Å². The maximum Gasteiger partial charge on any atom is 0.261 e. The molecule has 0 aliphatic rings. The van der Waals surface area contributed by atoms with Gasteiger partial charge in [-0.1, -0.05) is 0 Å². The largest absolute Gasteiger partial charge is 0.398 e. The van der Waals surface area contributed by atoms with Gasteiger partial charge in [-0.25, -0.2) is 8.78 Å². The number of benzene rings is 2. The predicted octanol–water partition coefficient (Wildman–Crippen LogP) is 3.23. The molecule has 0 saturated carbocycles. The van der Waals surface area contributed by atoms with Crippen LogP contribution in [0.4, 0.5) is 25.8 Å². The second kappa shape index (κ2) is 7.08. The molecular formula is C17H17F2N5O. The molecule has 130 valence electrons. The second-order valence-electron chi connectivity index (χ2n) is 5.28. The van der Waals surface area contributed by atoms with Crippen molar-refractivity contribution in [2.45, 2.75) is 6.92 Å². The summed E-state index contributed by atoms with van der Waals surface area (Å²) in [7, 11) is 1.45. The zero-order chi connectivity index (χ0) is 18.7. The molecule has 6 N–H and O–H groups in total. The zero-order valence-corrected chi connectivity index (χ0v) is 13.6. The molecule has 1 amide bonds. The summed E-state index contributed by atoms with van der Waals surface area (Å²) in [6.07, 6.45) is 0.705. The van der Waals surface area contributed by atoms with Crippen molar-refractivity contribution in [3.63, 3.8) is 0 Å². The number of nitrogen functional groups attached to an aromatic ring is 1. The molecule has 2 aromatic carbocycles. The lowest BCUT2D eigenvalue weighted by atomic mass is 10.1. The Balaban J connectivity index is 2.44. The minimum Gasteiger partial charge on any atom is -0.398 e. The normalized spacial score (nSPS) is 10.2. The lowest BCUT2D eigenvalue weighted by Gasteiger charge is -2.13. The SMILES string of the molecule is CNc1cc(F)c(C(=O)Nc2ccc(N)c(C(C)=N)c2)c(F)c1C=N. The molecule has 0 atom stereocenters. The minimum absolute atomic E-state index is 0.0655. The Labute approximate surface area is 143 Å². The van der Waals surface area contributed by atoms with Crippen molar-refractivity contribution >= 4 is 34.9 Å². The van der Waals surface area contributed by atoms with E-state index in [2.05, 4.69) is 10.6 Å². The molecule has 0 fully saturated rings. The number of nitrogens with two attached hydrogens (primary N) is 1. The van der Waals surface area contributed by atoms with Gasteiger partial charge in [-0.05, 0) is 31.2 Å². The van der Waals surface area contributed by atoms with Gasteiger partial charge < -0.3 is 27.2 Å². The van der Waals surface area contributed by atoms with Crippen LogP contribution in [0.2, 0.25) is 0 Å². The first kappa shape index (κ1) is 18.1. The number of carbonyl (C=O) groups is 1. The van der Waals surface area contributed by atoms with Gasteiger partial charge in [0, 0.05) is 41.6 Å². The lowest BCUT2D eigenvalue weighted by molar-refractivity contribution is 0.101. The van der Waals surface area contributed by atoms with Gasteiger partial charge in [0.25, 0.3) is 5.91 Å². The van der Waals surface area contributed by atoms with Crippen molar-refractivity contribution in [3.05, 3.63) is 52.6 Å². The first-order valence-corrected chi connectivity index (χ1v) is 7.26. The van der Waals surface area contributed by atoms with Gasteiger partial charge in [0.15, 0.2) is 0 Å². The average molecular weight is 345 g/mol. The number of anilines is 3. The number of amides is 1. The summed E-state index contributed by atoms with van der Waals surface area (Å²) in [5, 5.41) is 19.9. The molecule has 0 saturated heterocycles. The predicted molar refractivity (Wildman–Crippen MR) is 95.1 cm³/mol. The van der Waals surface area contributed by atoms with Gasteiger partial charge >= 0.3 is 0 Å². The Hall–Kier alpha value is -3.29. The van der Waals surface area contributed by atoms with E-state index in [-0.39, 0.29) is 22.6 Å². The Morgan fingerprint density at radius 3 is 2.52 bits per heavy atom. The monoisotopic (exact) mass is 345 g/mol. The molecule has 0 aliphatic carbocycles. The third-order valence-electron chi connectivity index (χ3n) is 3.61. The maximum absolute atomic E-state index is 14.5. The van der Waals surface area contributed by atoms with Crippen molar-refractivity contribution in [2.24, 2.45) is 0 Å². The van der Waals surface area contributed by atoms with E-state index in [0.29, 0.717) is 17.5 Å². The molecular weight excluding hydrogens is 328 g/mol. The summed E-state index contributed by atoms with van der Waals surface area (Å²) in [6.45, 7) is 1.53. The summed E-state index contributed by atoms with van der Waals surface area (Å²) in [5.41, 5.74) is 6.00. The highest BCUT2D eigenvalue weighted by molar-refractivity contribution is 6.08. The van der Waals surface area contributed by atoms with Gasteiger partial charge in [-0.15, -0.1) is 0 Å². The first-order chi connectivity index (χ1) is 11.8. The van der Waals surface area contributed by atoms with E-state index in [1.165, 1.54) is 32.2 Å². The third kappa shape index (κ3) is 3.47. The second-order valence-corrected chi connectivity index (χ2v) is 5.28. The van der Waals surface area contributed by atoms with E-state index in [0.717, 1.165) is 6.07 Å². The Bertz CT molecular complexity index is 880. The molecule has 0 radical (unpaired) electrons. The van der Waals surface area contributed by atoms with Crippen molar-refractivity contribution in [1.82, 2.24) is 0 Å². The fourth-order valence-electron chi connectivity index (χ4n) is 2.34. The van der Waals surface area contributed by atoms with E-state index in [4.69, 9.17) is 16.6 Å². The highest BCUT2D eigenvalue weighted by Crippen LogP contribution is 2.25. The van der Waals surface area contributed by atoms with Crippen LogP contribution in [0.25, 0.3) is 0 Å². The van der Waals surface area contributed by atoms with Crippen LogP contribution in [0.1, 0.15) is 28.4 Å². The minimum atomic E-state index is -1.13. The van der Waals surface area contributed by atoms with Gasteiger partial charge in [0.05, 0.1) is 5.56 Å². The number of rotatable bonds is 5. The van der Waals surface area contributed by atoms with Crippen molar-refractivity contribution < 1.29 is 13.6 Å². The fourth-order valence-corrected chi connectivity index (χ4v) is 2.34. The number of hydrogen-bond acceptors (Lipinski definition) is 5. The van der Waals surface area contributed by atoms with Gasteiger partial charge in [0.1, 0.15) is 17.2 Å². The molecule has 2 rings (SSSR count). The standard InChI is InChI=1S/C17H17F2N5O/c1-8(21)10-5-9(3-4-13(10)22)24-17(25)15-12(18)6-14(23-2)11(7-20)16(15)19/h3-7,20-21,23H,22H2,1-2H3,(H,24,25). The third-order valence-corrected chi connectivity index (χ3v) is 3.61. The van der Waals surface area contributed by atoms with E-state index in [1.807, 2.05) is 0 Å². The average Bonchev–Trinajstić information content (AvgIpc) is 2.55. The summed E-state index contributed by atoms with van der Waals surface area (Å²) in [5.74, 6) is -3.18. The Kier molecular flexibility index (Phi) is 5.11. The van der Waals surface area contributed by atoms with Crippen molar-refractivity contribution in [3.8, 4) is 0 Å². The number of hydrogen-bond donors (Lipinski definition) is 5. The summed E-state index contributed by atoms with van der Waals surface area (Å²) >= 11 is 0. The molecule has 0 aromatic heterocycles. The Morgan fingerprint density at radius 1 is 1.28 bits per heavy atom. The van der Waals surface area contributed by atoms with E-state index < -0.39 is 23.1 Å². The van der Waals surface area contributed by atoms with Crippen molar-refractivity contribution in [1.29, 1.82) is 10.8 Å². The van der Waals surface area contributed by atoms with Crippen LogP contribution in [0, 0.1) is 22.5 Å². The molecule has 0 spiro atoms. The van der Waals surface area contributed by atoms with Crippen LogP contribution in [0.3, 0.4) is 0 Å². The van der Waals surface area contributed by atoms with E-state index in [9.17, 15) is 13.6 Å². The number of carbonyl (C=O) groups excluding carboxylic acids is 1. The van der Waals surface area contributed by atoms with Gasteiger partial charge in [-0.3, -0.25) is 4.79 Å². The van der Waals surface area contributed by atoms with Crippen LogP contribution in [0.5, 0.6) is 0 Å². The summed E-state index contributed by atoms with van der Waals surface area (Å²) in [4.78, 5) is 12.3. The quantitative estimate of drug-likeness (QED) is 0.423. The smallest absolute Gasteiger partial charge is 0.261 e. The van der Waals surface area contributed by atoms with Crippen LogP contribution >= 0.6 is 0 Å². The highest BCUT2D eigenvalue weighted by Gasteiger charge is 2.23. The zero-order valence-electron chi connectivity index (χ0n) is 13.6. The molecule has 0 aliphatic heterocycles. The summed E-state index contributed by atoms with van der Waals surface area (Å²) < 4.78 is 28.6. The lowest BCUT2D eigenvalue weighted by Crippen LogP contribution is -2.18. The van der Waals surface area contributed by atoms with Crippen molar-refractivity contribution in [2.75, 3.05) is 23.4 Å². The van der Waals surface area contributed by atoms with Crippen LogP contribution < -0.4 is 16.4 Å². The molecule has 0 bridgehead atoms. The first-order valence-electron chi connectivity index (χ1n) is 7.26. The Morgan fingerprint density at radius 2 is 1.96 bits per heavy atom. The maximum atomic E-state index is 14.5. The molecule has 6 nitrogen and oxygen atoms in total. The highest BCUT2D eigenvalue weighted by atomic mass is 19.1. The molecule has 2 aromatic rings. The van der Waals surface area contributed by atoms with Gasteiger partial charge in [-0.2, -0.15) is 0 Å². The van der Waals surface area contributed by atoms with Crippen LogP contribution in [-0.4, -0.2) is 24.9 Å². The summed E-state index contributed by atoms with van der Waals surface area (Å²) in [6, 6.07) is 5.36. The topological polar surface area (TPSA) is 115 Å². The molecule has 0 heterocycles. The fraction of sp³-hybridized carbons (Fsp3) is 0.118. The molecule has 25 heavy (non-hydrogen) atoms. The van der Waals surface area contributed by atoms with E-state index >= 15 is 0 Å². The van der Waals surface area contributed by atoms with Crippen LogP contribution in [-0.2, 0) is 0 Å². The molecule has 8 heteroatoms. The number of nitrogens with one attached hydrogen (secondary N) is 4. The van der Waals surface area contributed by atoms with Gasteiger partial charge in [0.2, 0.25) is 0 Å². The van der Waals surface area contributed by atoms with E-state index in [1.54, 1.807) is 0 Å². The molecule has 0 unspecified atom stereocenters.